The molecule has 3 aromatic rings. The number of carbonyl (C=O) groups excluding carboxylic acids is 1. The quantitative estimate of drug-likeness (QED) is 0.693. The lowest BCUT2D eigenvalue weighted by atomic mass is 10.2. The van der Waals surface area contributed by atoms with Crippen molar-refractivity contribution in [3.8, 4) is 22.9 Å². The number of nitrogens with zero attached hydrogens (tertiary/aromatic N) is 3. The van der Waals surface area contributed by atoms with Crippen molar-refractivity contribution in [2.75, 3.05) is 43.6 Å². The van der Waals surface area contributed by atoms with Crippen LogP contribution in [0.4, 0.5) is 16.3 Å². The average Bonchev–Trinajstić information content (AvgIpc) is 2.80. The van der Waals surface area contributed by atoms with E-state index in [1.165, 1.54) is 0 Å². The zero-order valence-corrected chi connectivity index (χ0v) is 16.6. The molecule has 8 nitrogen and oxygen atoms in total. The van der Waals surface area contributed by atoms with Gasteiger partial charge < -0.3 is 19.1 Å². The standard InChI is InChI=1S/C22H22N4O4/c1-28-19-15-23-20(25-21(19)26-11-13-29-14-12-26)16-7-9-18(10-8-16)30-22(27)24-17-5-3-2-4-6-17/h2-10,15H,11-14H2,1H3,(H,24,27). The maximum absolute atomic E-state index is 12.0. The minimum absolute atomic E-state index is 0.425. The van der Waals surface area contributed by atoms with Gasteiger partial charge in [-0.3, -0.25) is 5.32 Å². The number of ether oxygens (including phenoxy) is 3. The largest absolute Gasteiger partial charge is 0.491 e. The second-order valence-electron chi connectivity index (χ2n) is 6.59. The molecule has 1 fully saturated rings. The van der Waals surface area contributed by atoms with Gasteiger partial charge in [0.15, 0.2) is 17.4 Å². The Balaban J connectivity index is 1.47. The molecule has 30 heavy (non-hydrogen) atoms. The maximum Gasteiger partial charge on any atom is 0.417 e. The van der Waals surface area contributed by atoms with E-state index in [0.717, 1.165) is 24.5 Å². The van der Waals surface area contributed by atoms with Gasteiger partial charge in [-0.25, -0.2) is 14.8 Å². The van der Waals surface area contributed by atoms with Gasteiger partial charge in [-0.2, -0.15) is 0 Å². The number of hydrogen-bond acceptors (Lipinski definition) is 7. The molecule has 1 N–H and O–H groups in total. The molecular weight excluding hydrogens is 384 g/mol. The highest BCUT2D eigenvalue weighted by Crippen LogP contribution is 2.29. The van der Waals surface area contributed by atoms with E-state index in [1.807, 2.05) is 30.3 Å². The summed E-state index contributed by atoms with van der Waals surface area (Å²) in [7, 11) is 1.61. The molecule has 0 bridgehead atoms. The summed E-state index contributed by atoms with van der Waals surface area (Å²) < 4.78 is 16.2. The van der Waals surface area contributed by atoms with Gasteiger partial charge in [0.1, 0.15) is 5.75 Å². The monoisotopic (exact) mass is 406 g/mol. The van der Waals surface area contributed by atoms with E-state index in [1.54, 1.807) is 37.6 Å². The number of rotatable bonds is 5. The van der Waals surface area contributed by atoms with E-state index in [0.29, 0.717) is 36.2 Å². The van der Waals surface area contributed by atoms with Gasteiger partial charge in [-0.05, 0) is 36.4 Å². The van der Waals surface area contributed by atoms with Crippen LogP contribution in [0.2, 0.25) is 0 Å². The molecule has 0 radical (unpaired) electrons. The maximum atomic E-state index is 12.0. The van der Waals surface area contributed by atoms with Crippen LogP contribution in [0, 0.1) is 0 Å². The fourth-order valence-electron chi connectivity index (χ4n) is 3.09. The van der Waals surface area contributed by atoms with E-state index in [4.69, 9.17) is 19.2 Å². The summed E-state index contributed by atoms with van der Waals surface area (Å²) in [6, 6.07) is 16.2. The van der Waals surface area contributed by atoms with E-state index < -0.39 is 6.09 Å². The highest BCUT2D eigenvalue weighted by atomic mass is 16.6. The molecule has 0 aliphatic carbocycles. The number of hydrogen-bond donors (Lipinski definition) is 1. The van der Waals surface area contributed by atoms with Gasteiger partial charge in [0.2, 0.25) is 0 Å². The van der Waals surface area contributed by atoms with E-state index in [9.17, 15) is 4.79 Å². The van der Waals surface area contributed by atoms with Crippen molar-refractivity contribution in [2.24, 2.45) is 0 Å². The zero-order valence-electron chi connectivity index (χ0n) is 16.6. The molecule has 1 aliphatic rings. The number of anilines is 2. The van der Waals surface area contributed by atoms with Crippen molar-refractivity contribution in [2.45, 2.75) is 0 Å². The summed E-state index contributed by atoms with van der Waals surface area (Å²) in [6.45, 7) is 2.80. The van der Waals surface area contributed by atoms with Crippen molar-refractivity contribution in [1.82, 2.24) is 9.97 Å². The van der Waals surface area contributed by atoms with Crippen LogP contribution in [0.25, 0.3) is 11.4 Å². The predicted molar refractivity (Wildman–Crippen MR) is 113 cm³/mol. The number of carbonyl (C=O) groups is 1. The lowest BCUT2D eigenvalue weighted by Gasteiger charge is -2.28. The smallest absolute Gasteiger partial charge is 0.417 e. The molecule has 1 amide bonds. The second kappa shape index (κ2) is 9.23. The first-order chi connectivity index (χ1) is 14.7. The van der Waals surface area contributed by atoms with Gasteiger partial charge in [-0.15, -0.1) is 0 Å². The molecule has 154 valence electrons. The minimum atomic E-state index is -0.552. The van der Waals surface area contributed by atoms with Crippen LogP contribution in [0.15, 0.2) is 60.8 Å². The number of methoxy groups -OCH3 is 1. The molecule has 1 aliphatic heterocycles. The molecule has 0 saturated carbocycles. The zero-order chi connectivity index (χ0) is 20.8. The molecule has 1 saturated heterocycles. The Hall–Kier alpha value is -3.65. The molecule has 0 unspecified atom stereocenters. The van der Waals surface area contributed by atoms with Crippen LogP contribution < -0.4 is 19.7 Å². The number of morpholine rings is 1. The first kappa shape index (κ1) is 19.7. The van der Waals surface area contributed by atoms with Crippen molar-refractivity contribution >= 4 is 17.6 Å². The van der Waals surface area contributed by atoms with Crippen LogP contribution in [0.3, 0.4) is 0 Å². The van der Waals surface area contributed by atoms with Gasteiger partial charge >= 0.3 is 6.09 Å². The van der Waals surface area contributed by atoms with E-state index >= 15 is 0 Å². The Labute approximate surface area is 174 Å². The summed E-state index contributed by atoms with van der Waals surface area (Å²) in [5.41, 5.74) is 1.48. The number of aromatic nitrogens is 2. The van der Waals surface area contributed by atoms with Gasteiger partial charge in [0.05, 0.1) is 26.5 Å². The average molecular weight is 406 g/mol. The third-order valence-electron chi connectivity index (χ3n) is 4.61. The first-order valence-corrected chi connectivity index (χ1v) is 9.61. The molecule has 1 aromatic heterocycles. The van der Waals surface area contributed by atoms with Crippen LogP contribution in [-0.2, 0) is 4.74 Å². The van der Waals surface area contributed by atoms with E-state index in [2.05, 4.69) is 15.2 Å². The van der Waals surface area contributed by atoms with Crippen LogP contribution >= 0.6 is 0 Å². The third kappa shape index (κ3) is 4.66. The summed E-state index contributed by atoms with van der Waals surface area (Å²) in [4.78, 5) is 23.3. The summed E-state index contributed by atoms with van der Waals surface area (Å²) in [5, 5.41) is 2.68. The summed E-state index contributed by atoms with van der Waals surface area (Å²) in [6.07, 6.45) is 1.12. The lowest BCUT2D eigenvalue weighted by Crippen LogP contribution is -2.37. The first-order valence-electron chi connectivity index (χ1n) is 9.61. The Morgan fingerprint density at radius 1 is 1.07 bits per heavy atom. The highest BCUT2D eigenvalue weighted by Gasteiger charge is 2.19. The molecular formula is C22H22N4O4. The van der Waals surface area contributed by atoms with Crippen molar-refractivity contribution in [3.63, 3.8) is 0 Å². The number of nitrogens with one attached hydrogen (secondary N) is 1. The summed E-state index contributed by atoms with van der Waals surface area (Å²) >= 11 is 0. The molecule has 0 spiro atoms. The fourth-order valence-corrected chi connectivity index (χ4v) is 3.09. The van der Waals surface area contributed by atoms with Crippen molar-refractivity contribution in [3.05, 3.63) is 60.8 Å². The van der Waals surface area contributed by atoms with Crippen molar-refractivity contribution < 1.29 is 19.0 Å². The van der Waals surface area contributed by atoms with Crippen molar-refractivity contribution in [1.29, 1.82) is 0 Å². The summed E-state index contributed by atoms with van der Waals surface area (Å²) in [5.74, 6) is 2.36. The molecule has 2 heterocycles. The van der Waals surface area contributed by atoms with E-state index in [-0.39, 0.29) is 0 Å². The number of benzene rings is 2. The molecule has 4 rings (SSSR count). The van der Waals surface area contributed by atoms with Gasteiger partial charge in [0, 0.05) is 24.3 Å². The topological polar surface area (TPSA) is 85.8 Å². The van der Waals surface area contributed by atoms with Crippen LogP contribution in [0.5, 0.6) is 11.5 Å². The number of para-hydroxylation sites is 1. The number of amides is 1. The third-order valence-corrected chi connectivity index (χ3v) is 4.61. The normalized spacial score (nSPS) is 13.6. The minimum Gasteiger partial charge on any atom is -0.491 e. The Bertz CT molecular complexity index is 990. The SMILES string of the molecule is COc1cnc(-c2ccc(OC(=O)Nc3ccccc3)cc2)nc1N1CCOCC1. The Morgan fingerprint density at radius 3 is 2.50 bits per heavy atom. The van der Waals surface area contributed by atoms with Gasteiger partial charge in [-0.1, -0.05) is 18.2 Å². The fraction of sp³-hybridized carbons (Fsp3) is 0.227. The molecule has 8 heteroatoms. The van der Waals surface area contributed by atoms with Crippen LogP contribution in [0.1, 0.15) is 0 Å². The highest BCUT2D eigenvalue weighted by molar-refractivity contribution is 5.86. The molecule has 2 aromatic carbocycles. The second-order valence-corrected chi connectivity index (χ2v) is 6.59. The molecule has 0 atom stereocenters. The Kier molecular flexibility index (Phi) is 6.05. The Morgan fingerprint density at radius 2 is 1.80 bits per heavy atom. The van der Waals surface area contributed by atoms with Crippen LogP contribution in [-0.4, -0.2) is 49.5 Å². The van der Waals surface area contributed by atoms with Gasteiger partial charge in [0.25, 0.3) is 0 Å². The predicted octanol–water partition coefficient (Wildman–Crippen LogP) is 3.60. The lowest BCUT2D eigenvalue weighted by molar-refractivity contribution is 0.122.